The van der Waals surface area contributed by atoms with Gasteiger partial charge in [-0.3, -0.25) is 10.1 Å². The van der Waals surface area contributed by atoms with Gasteiger partial charge in [-0.25, -0.2) is 8.42 Å². The van der Waals surface area contributed by atoms with Gasteiger partial charge in [0.2, 0.25) is 11.0 Å². The van der Waals surface area contributed by atoms with Gasteiger partial charge in [0.15, 0.2) is 9.84 Å². The van der Waals surface area contributed by atoms with E-state index in [9.17, 15) is 13.2 Å². The third-order valence-corrected chi connectivity index (χ3v) is 8.44. The van der Waals surface area contributed by atoms with Crippen molar-refractivity contribution in [2.45, 2.75) is 16.2 Å². The minimum absolute atomic E-state index is 0.0830. The lowest BCUT2D eigenvalue weighted by atomic mass is 10.1. The van der Waals surface area contributed by atoms with Crippen LogP contribution < -0.4 is 5.32 Å². The third-order valence-electron chi connectivity index (χ3n) is 4.56. The Morgan fingerprint density at radius 3 is 2.53 bits per heavy atom. The molecule has 0 aliphatic rings. The molecule has 1 N–H and O–H groups in total. The molecule has 0 unspecified atom stereocenters. The van der Waals surface area contributed by atoms with Crippen LogP contribution in [0.25, 0.3) is 10.8 Å². The van der Waals surface area contributed by atoms with E-state index in [2.05, 4.69) is 15.5 Å². The van der Waals surface area contributed by atoms with Crippen LogP contribution in [0, 0.1) is 0 Å². The predicted molar refractivity (Wildman–Crippen MR) is 130 cm³/mol. The van der Waals surface area contributed by atoms with Crippen molar-refractivity contribution < 1.29 is 13.2 Å². The fourth-order valence-electron chi connectivity index (χ4n) is 2.94. The highest BCUT2D eigenvalue weighted by molar-refractivity contribution is 8.00. The topological polar surface area (TPSA) is 89.0 Å². The fourth-order valence-corrected chi connectivity index (χ4v) is 5.93. The first kappa shape index (κ1) is 22.7. The lowest BCUT2D eigenvalue weighted by Gasteiger charge is -2.05. The van der Waals surface area contributed by atoms with Crippen LogP contribution in [0.1, 0.15) is 5.01 Å². The molecule has 0 saturated heterocycles. The van der Waals surface area contributed by atoms with Crippen molar-refractivity contribution >= 4 is 66.3 Å². The third kappa shape index (κ3) is 5.86. The Bertz CT molecular complexity index is 1360. The first-order valence-corrected chi connectivity index (χ1v) is 13.4. The summed E-state index contributed by atoms with van der Waals surface area (Å²) in [5.41, 5.74) is 0. The number of sulfone groups is 1. The molecule has 0 fully saturated rings. The van der Waals surface area contributed by atoms with Gasteiger partial charge in [-0.2, -0.15) is 0 Å². The second-order valence-corrected chi connectivity index (χ2v) is 11.5. The first-order valence-electron chi connectivity index (χ1n) is 9.61. The summed E-state index contributed by atoms with van der Waals surface area (Å²) < 4.78 is 25.5. The smallest absolute Gasteiger partial charge is 0.236 e. The maximum absolute atomic E-state index is 12.8. The minimum atomic E-state index is -3.47. The molecule has 6 nitrogen and oxygen atoms in total. The molecule has 10 heteroatoms. The number of amides is 1. The van der Waals surface area contributed by atoms with Crippen LogP contribution in [0.2, 0.25) is 5.02 Å². The molecule has 1 amide bonds. The molecule has 0 aliphatic heterocycles. The van der Waals surface area contributed by atoms with E-state index in [4.69, 9.17) is 11.6 Å². The van der Waals surface area contributed by atoms with Crippen LogP contribution >= 0.6 is 34.7 Å². The van der Waals surface area contributed by atoms with Crippen LogP contribution in [0.5, 0.6) is 0 Å². The van der Waals surface area contributed by atoms with E-state index < -0.39 is 9.84 Å². The number of aromatic nitrogens is 2. The van der Waals surface area contributed by atoms with E-state index in [1.165, 1.54) is 23.1 Å². The molecule has 32 heavy (non-hydrogen) atoms. The number of halogens is 1. The van der Waals surface area contributed by atoms with Gasteiger partial charge in [-0.15, -0.1) is 22.0 Å². The standard InChI is InChI=1S/C22H18ClN3O3S3/c23-17-6-8-18(9-7-17)30-14-20(27)24-22-26-25-21(31-22)11-12-32(28,29)19-10-5-15-3-1-2-4-16(15)13-19/h1-10,13H,11-12,14H2,(H,24,26,27). The van der Waals surface area contributed by atoms with Crippen LogP contribution in [0.3, 0.4) is 0 Å². The zero-order chi connectivity index (χ0) is 22.6. The number of benzene rings is 3. The molecular formula is C22H18ClN3O3S3. The molecule has 4 rings (SSSR count). The number of carbonyl (C=O) groups excluding carboxylic acids is 1. The molecule has 1 aromatic heterocycles. The predicted octanol–water partition coefficient (Wildman–Crippen LogP) is 5.09. The molecule has 1 heterocycles. The van der Waals surface area contributed by atoms with Gasteiger partial charge in [-0.05, 0) is 47.2 Å². The summed E-state index contributed by atoms with van der Waals surface area (Å²) in [6.07, 6.45) is 0.224. The van der Waals surface area contributed by atoms with Gasteiger partial charge in [0.25, 0.3) is 0 Å². The minimum Gasteiger partial charge on any atom is -0.300 e. The molecule has 0 saturated carbocycles. The number of anilines is 1. The van der Waals surface area contributed by atoms with E-state index in [1.807, 2.05) is 42.5 Å². The molecule has 0 spiro atoms. The van der Waals surface area contributed by atoms with Gasteiger partial charge in [-0.1, -0.05) is 53.3 Å². The average molecular weight is 504 g/mol. The normalized spacial score (nSPS) is 11.5. The van der Waals surface area contributed by atoms with Crippen molar-refractivity contribution in [3.05, 3.63) is 76.8 Å². The lowest BCUT2D eigenvalue weighted by Crippen LogP contribution is -2.13. The Labute approximate surface area is 198 Å². The number of thioether (sulfide) groups is 1. The largest absolute Gasteiger partial charge is 0.300 e. The summed E-state index contributed by atoms with van der Waals surface area (Å²) in [7, 11) is -3.47. The molecule has 0 radical (unpaired) electrons. The van der Waals surface area contributed by atoms with E-state index in [0.717, 1.165) is 15.7 Å². The number of hydrogen-bond acceptors (Lipinski definition) is 7. The van der Waals surface area contributed by atoms with Crippen LogP contribution in [-0.2, 0) is 21.1 Å². The van der Waals surface area contributed by atoms with E-state index in [-0.39, 0.29) is 28.7 Å². The number of aryl methyl sites for hydroxylation is 1. The van der Waals surface area contributed by atoms with E-state index in [0.29, 0.717) is 15.2 Å². The fraction of sp³-hybridized carbons (Fsp3) is 0.136. The Morgan fingerprint density at radius 2 is 1.75 bits per heavy atom. The number of fused-ring (bicyclic) bond motifs is 1. The summed E-state index contributed by atoms with van der Waals surface area (Å²) in [6, 6.07) is 20.0. The molecule has 0 bridgehead atoms. The van der Waals surface area contributed by atoms with Crippen LogP contribution in [-0.4, -0.2) is 36.0 Å². The second-order valence-electron chi connectivity index (χ2n) is 6.87. The molecule has 164 valence electrons. The lowest BCUT2D eigenvalue weighted by molar-refractivity contribution is -0.113. The maximum Gasteiger partial charge on any atom is 0.236 e. The Morgan fingerprint density at radius 1 is 1.00 bits per heavy atom. The molecule has 4 aromatic rings. The van der Waals surface area contributed by atoms with Crippen molar-refractivity contribution in [2.24, 2.45) is 0 Å². The van der Waals surface area contributed by atoms with E-state index in [1.54, 1.807) is 24.3 Å². The summed E-state index contributed by atoms with van der Waals surface area (Å²) in [4.78, 5) is 13.4. The molecule has 0 atom stereocenters. The molecular weight excluding hydrogens is 486 g/mol. The van der Waals surface area contributed by atoms with Crippen molar-refractivity contribution in [3.8, 4) is 0 Å². The van der Waals surface area contributed by atoms with Gasteiger partial charge < -0.3 is 0 Å². The van der Waals surface area contributed by atoms with Gasteiger partial charge in [0, 0.05) is 16.3 Å². The van der Waals surface area contributed by atoms with Gasteiger partial charge in [0.05, 0.1) is 16.4 Å². The monoisotopic (exact) mass is 503 g/mol. The van der Waals surface area contributed by atoms with Crippen LogP contribution in [0.4, 0.5) is 5.13 Å². The zero-order valence-corrected chi connectivity index (χ0v) is 19.9. The van der Waals surface area contributed by atoms with Gasteiger partial charge >= 0.3 is 0 Å². The highest BCUT2D eigenvalue weighted by Crippen LogP contribution is 2.23. The number of hydrogen-bond donors (Lipinski definition) is 1. The Balaban J connectivity index is 1.32. The SMILES string of the molecule is O=C(CSc1ccc(Cl)cc1)Nc1nnc(CCS(=O)(=O)c2ccc3ccccc3c2)s1. The number of nitrogens with one attached hydrogen (secondary N) is 1. The summed E-state index contributed by atoms with van der Waals surface area (Å²) in [6.45, 7) is 0. The Hall–Kier alpha value is -2.46. The van der Waals surface area contributed by atoms with Gasteiger partial charge in [0.1, 0.15) is 5.01 Å². The summed E-state index contributed by atoms with van der Waals surface area (Å²) in [5, 5.41) is 14.1. The Kier molecular flexibility index (Phi) is 7.10. The zero-order valence-electron chi connectivity index (χ0n) is 16.7. The highest BCUT2D eigenvalue weighted by atomic mass is 35.5. The number of nitrogens with zero attached hydrogens (tertiary/aromatic N) is 2. The number of carbonyl (C=O) groups is 1. The average Bonchev–Trinajstić information content (AvgIpc) is 3.24. The molecule has 0 aliphatic carbocycles. The maximum atomic E-state index is 12.8. The van der Waals surface area contributed by atoms with Crippen molar-refractivity contribution in [3.63, 3.8) is 0 Å². The van der Waals surface area contributed by atoms with Crippen molar-refractivity contribution in [1.29, 1.82) is 0 Å². The highest BCUT2D eigenvalue weighted by Gasteiger charge is 2.17. The first-order chi connectivity index (χ1) is 15.4. The number of rotatable bonds is 8. The second kappa shape index (κ2) is 9.99. The van der Waals surface area contributed by atoms with Crippen molar-refractivity contribution in [2.75, 3.05) is 16.8 Å². The quantitative estimate of drug-likeness (QED) is 0.337. The summed E-state index contributed by atoms with van der Waals surface area (Å²) >= 11 is 8.42. The summed E-state index contributed by atoms with van der Waals surface area (Å²) in [5.74, 6) is -0.0795. The van der Waals surface area contributed by atoms with E-state index >= 15 is 0 Å². The van der Waals surface area contributed by atoms with Crippen LogP contribution in [0.15, 0.2) is 76.5 Å². The molecule has 3 aromatic carbocycles. The van der Waals surface area contributed by atoms with Crippen molar-refractivity contribution in [1.82, 2.24) is 10.2 Å².